The number of ether oxygens (including phenoxy) is 2. The molecule has 0 bridgehead atoms. The summed E-state index contributed by atoms with van der Waals surface area (Å²) in [7, 11) is 0. The van der Waals surface area contributed by atoms with Gasteiger partial charge in [0.1, 0.15) is 22.9 Å². The van der Waals surface area contributed by atoms with E-state index in [0.29, 0.717) is 17.2 Å². The molecule has 2 aromatic carbocycles. The molecule has 0 fully saturated rings. The minimum absolute atomic E-state index is 0.0564. The van der Waals surface area contributed by atoms with Crippen LogP contribution in [-0.2, 0) is 12.7 Å². The summed E-state index contributed by atoms with van der Waals surface area (Å²) in [6, 6.07) is 17.9. The molecule has 0 amide bonds. The Bertz CT molecular complexity index is 883. The molecule has 1 heterocycles. The summed E-state index contributed by atoms with van der Waals surface area (Å²) in [5, 5.41) is 0. The molecule has 0 aliphatic heterocycles. The van der Waals surface area contributed by atoms with Crippen molar-refractivity contribution in [3.05, 3.63) is 78.0 Å². The average Bonchev–Trinajstić information content (AvgIpc) is 2.62. The number of halogens is 3. The van der Waals surface area contributed by atoms with E-state index in [9.17, 15) is 13.2 Å². The van der Waals surface area contributed by atoms with Crippen molar-refractivity contribution in [3.8, 4) is 23.1 Å². The molecule has 2 N–H and O–H groups in total. The van der Waals surface area contributed by atoms with Gasteiger partial charge in [0.25, 0.3) is 0 Å². The van der Waals surface area contributed by atoms with Gasteiger partial charge in [0, 0.05) is 18.7 Å². The monoisotopic (exact) mass is 360 g/mol. The summed E-state index contributed by atoms with van der Waals surface area (Å²) in [6.07, 6.45) is -4.58. The molecule has 0 atom stereocenters. The van der Waals surface area contributed by atoms with Crippen LogP contribution in [0.15, 0.2) is 66.7 Å². The highest BCUT2D eigenvalue weighted by atomic mass is 19.4. The van der Waals surface area contributed by atoms with E-state index in [0.717, 1.165) is 6.07 Å². The highest BCUT2D eigenvalue weighted by Gasteiger charge is 2.33. The average molecular weight is 360 g/mol. The van der Waals surface area contributed by atoms with Crippen molar-refractivity contribution in [2.24, 2.45) is 5.73 Å². The summed E-state index contributed by atoms with van der Waals surface area (Å²) >= 11 is 0. The van der Waals surface area contributed by atoms with Crippen LogP contribution in [0.2, 0.25) is 0 Å². The third-order valence-electron chi connectivity index (χ3n) is 3.39. The molecule has 0 saturated carbocycles. The van der Waals surface area contributed by atoms with Crippen LogP contribution in [0.25, 0.3) is 0 Å². The third-order valence-corrected chi connectivity index (χ3v) is 3.39. The van der Waals surface area contributed by atoms with Crippen molar-refractivity contribution >= 4 is 0 Å². The minimum atomic E-state index is -4.58. The smallest absolute Gasteiger partial charge is 0.433 e. The largest absolute Gasteiger partial charge is 0.457 e. The van der Waals surface area contributed by atoms with Crippen LogP contribution in [0.1, 0.15) is 11.3 Å². The maximum atomic E-state index is 13.0. The van der Waals surface area contributed by atoms with Crippen LogP contribution in [0.4, 0.5) is 13.2 Å². The molecule has 3 aromatic rings. The van der Waals surface area contributed by atoms with Crippen LogP contribution in [0, 0.1) is 0 Å². The first-order chi connectivity index (χ1) is 12.4. The van der Waals surface area contributed by atoms with Crippen molar-refractivity contribution in [1.29, 1.82) is 0 Å². The number of pyridine rings is 1. The highest BCUT2D eigenvalue weighted by molar-refractivity contribution is 5.39. The van der Waals surface area contributed by atoms with Gasteiger partial charge in [-0.05, 0) is 35.9 Å². The van der Waals surface area contributed by atoms with Gasteiger partial charge in [0.2, 0.25) is 5.88 Å². The van der Waals surface area contributed by atoms with E-state index in [1.165, 1.54) is 6.07 Å². The Hall–Kier alpha value is -3.06. The maximum absolute atomic E-state index is 13.0. The predicted molar refractivity (Wildman–Crippen MR) is 90.2 cm³/mol. The van der Waals surface area contributed by atoms with E-state index >= 15 is 0 Å². The molecule has 0 spiro atoms. The van der Waals surface area contributed by atoms with Gasteiger partial charge in [0.05, 0.1) is 0 Å². The predicted octanol–water partition coefficient (Wildman–Crippen LogP) is 5.14. The quantitative estimate of drug-likeness (QED) is 0.684. The van der Waals surface area contributed by atoms with E-state index in [-0.39, 0.29) is 18.0 Å². The zero-order valence-corrected chi connectivity index (χ0v) is 13.5. The molecule has 4 nitrogen and oxygen atoms in total. The third kappa shape index (κ3) is 4.52. The number of alkyl halides is 3. The number of aromatic nitrogens is 1. The number of nitrogens with zero attached hydrogens (tertiary/aromatic N) is 1. The molecule has 7 heteroatoms. The zero-order valence-electron chi connectivity index (χ0n) is 13.5. The Kier molecular flexibility index (Phi) is 5.09. The normalized spacial score (nSPS) is 11.2. The van der Waals surface area contributed by atoms with Gasteiger partial charge in [0.15, 0.2) is 0 Å². The second kappa shape index (κ2) is 7.45. The summed E-state index contributed by atoms with van der Waals surface area (Å²) in [4.78, 5) is 3.52. The Morgan fingerprint density at radius 1 is 0.808 bits per heavy atom. The summed E-state index contributed by atoms with van der Waals surface area (Å²) in [6.45, 7) is -0.0564. The van der Waals surface area contributed by atoms with E-state index in [1.54, 1.807) is 36.4 Å². The fraction of sp³-hybridized carbons (Fsp3) is 0.105. The minimum Gasteiger partial charge on any atom is -0.457 e. The first-order valence-electron chi connectivity index (χ1n) is 7.73. The highest BCUT2D eigenvalue weighted by Crippen LogP contribution is 2.32. The lowest BCUT2D eigenvalue weighted by atomic mass is 10.2. The van der Waals surface area contributed by atoms with E-state index in [1.807, 2.05) is 18.2 Å². The van der Waals surface area contributed by atoms with Gasteiger partial charge in [-0.1, -0.05) is 24.3 Å². The molecule has 0 unspecified atom stereocenters. The molecule has 0 radical (unpaired) electrons. The second-order valence-corrected chi connectivity index (χ2v) is 5.39. The molecule has 0 saturated heterocycles. The van der Waals surface area contributed by atoms with Crippen molar-refractivity contribution in [1.82, 2.24) is 4.98 Å². The molecule has 1 aromatic heterocycles. The van der Waals surface area contributed by atoms with E-state index in [2.05, 4.69) is 4.98 Å². The van der Waals surface area contributed by atoms with Crippen LogP contribution in [0.3, 0.4) is 0 Å². The van der Waals surface area contributed by atoms with Crippen LogP contribution in [-0.4, -0.2) is 4.98 Å². The second-order valence-electron chi connectivity index (χ2n) is 5.39. The molecule has 0 aliphatic carbocycles. The van der Waals surface area contributed by atoms with Crippen LogP contribution < -0.4 is 15.2 Å². The van der Waals surface area contributed by atoms with E-state index < -0.39 is 11.9 Å². The van der Waals surface area contributed by atoms with Gasteiger partial charge >= 0.3 is 6.18 Å². The first-order valence-corrected chi connectivity index (χ1v) is 7.73. The van der Waals surface area contributed by atoms with Gasteiger partial charge in [-0.3, -0.25) is 0 Å². The SMILES string of the molecule is NCc1cc(Oc2cccc(Oc3ccccc3)c2)nc(C(F)(F)F)c1. The maximum Gasteiger partial charge on any atom is 0.433 e. The van der Waals surface area contributed by atoms with E-state index in [4.69, 9.17) is 15.2 Å². The molecular weight excluding hydrogens is 345 g/mol. The Balaban J connectivity index is 1.84. The van der Waals surface area contributed by atoms with Crippen LogP contribution in [0.5, 0.6) is 23.1 Å². The van der Waals surface area contributed by atoms with Gasteiger partial charge in [-0.25, -0.2) is 4.98 Å². The van der Waals surface area contributed by atoms with Crippen LogP contribution >= 0.6 is 0 Å². The molecule has 134 valence electrons. The number of benzene rings is 2. The van der Waals surface area contributed by atoms with Crippen molar-refractivity contribution in [2.45, 2.75) is 12.7 Å². The number of hydrogen-bond acceptors (Lipinski definition) is 4. The topological polar surface area (TPSA) is 57.4 Å². The Morgan fingerprint density at radius 3 is 2.12 bits per heavy atom. The van der Waals surface area contributed by atoms with Gasteiger partial charge < -0.3 is 15.2 Å². The fourth-order valence-corrected chi connectivity index (χ4v) is 2.22. The molecule has 0 aliphatic rings. The first kappa shape index (κ1) is 17.8. The lowest BCUT2D eigenvalue weighted by Crippen LogP contribution is -2.10. The number of rotatable bonds is 5. The van der Waals surface area contributed by atoms with Gasteiger partial charge in [-0.2, -0.15) is 13.2 Å². The van der Waals surface area contributed by atoms with Crippen molar-refractivity contribution in [2.75, 3.05) is 0 Å². The number of nitrogens with two attached hydrogens (primary N) is 1. The Morgan fingerprint density at radius 2 is 1.46 bits per heavy atom. The molecular formula is C19H15F3N2O2. The summed E-state index contributed by atoms with van der Waals surface area (Å²) < 4.78 is 50.0. The summed E-state index contributed by atoms with van der Waals surface area (Å²) in [5.74, 6) is 1.23. The molecule has 26 heavy (non-hydrogen) atoms. The lowest BCUT2D eigenvalue weighted by molar-refractivity contribution is -0.141. The zero-order chi connectivity index (χ0) is 18.6. The molecule has 3 rings (SSSR count). The Labute approximate surface area is 148 Å². The summed E-state index contributed by atoms with van der Waals surface area (Å²) in [5.41, 5.74) is 4.69. The lowest BCUT2D eigenvalue weighted by Gasteiger charge is -2.12. The number of para-hydroxylation sites is 1. The standard InChI is InChI=1S/C19H15F3N2O2/c20-19(21,22)17-9-13(12-23)10-18(24-17)26-16-8-4-7-15(11-16)25-14-5-2-1-3-6-14/h1-11H,12,23H2. The van der Waals surface area contributed by atoms with Crippen molar-refractivity contribution in [3.63, 3.8) is 0 Å². The number of hydrogen-bond donors (Lipinski definition) is 1. The fourth-order valence-electron chi connectivity index (χ4n) is 2.22. The van der Waals surface area contributed by atoms with Crippen molar-refractivity contribution < 1.29 is 22.6 Å². The van der Waals surface area contributed by atoms with Gasteiger partial charge in [-0.15, -0.1) is 0 Å².